The Bertz CT molecular complexity index is 910. The zero-order valence-corrected chi connectivity index (χ0v) is 19.9. The molecular formula is C24H34F3N5O2. The molecular weight excluding hydrogens is 447 g/mol. The summed E-state index contributed by atoms with van der Waals surface area (Å²) in [5.41, 5.74) is 1.74. The van der Waals surface area contributed by atoms with Gasteiger partial charge in [-0.3, -0.25) is 4.90 Å². The lowest BCUT2D eigenvalue weighted by Crippen LogP contribution is -2.42. The lowest BCUT2D eigenvalue weighted by Gasteiger charge is -2.29. The predicted molar refractivity (Wildman–Crippen MR) is 125 cm³/mol. The molecule has 0 amide bonds. The number of anilines is 1. The van der Waals surface area contributed by atoms with Crippen molar-refractivity contribution in [2.75, 3.05) is 70.5 Å². The van der Waals surface area contributed by atoms with E-state index in [-0.39, 0.29) is 11.7 Å². The summed E-state index contributed by atoms with van der Waals surface area (Å²) in [4.78, 5) is 7.31. The van der Waals surface area contributed by atoms with E-state index in [1.165, 1.54) is 12.1 Å². The van der Waals surface area contributed by atoms with E-state index in [2.05, 4.69) is 39.4 Å². The predicted octanol–water partition coefficient (Wildman–Crippen LogP) is 3.74. The largest absolute Gasteiger partial charge is 0.573 e. The third kappa shape index (κ3) is 6.64. The number of benzene rings is 1. The first-order chi connectivity index (χ1) is 16.3. The quantitative estimate of drug-likeness (QED) is 0.601. The van der Waals surface area contributed by atoms with Crippen molar-refractivity contribution in [1.82, 2.24) is 19.6 Å². The van der Waals surface area contributed by atoms with Crippen molar-refractivity contribution >= 4 is 5.82 Å². The molecule has 0 radical (unpaired) electrons. The molecule has 0 bridgehead atoms. The third-order valence-electron chi connectivity index (χ3n) is 6.38. The van der Waals surface area contributed by atoms with Crippen LogP contribution < -0.4 is 9.64 Å². The maximum atomic E-state index is 12.5. The molecule has 2 saturated heterocycles. The molecule has 2 aromatic rings. The minimum Gasteiger partial charge on any atom is -0.406 e. The van der Waals surface area contributed by atoms with Crippen LogP contribution >= 0.6 is 0 Å². The summed E-state index contributed by atoms with van der Waals surface area (Å²) in [6.07, 6.45) is -3.64. The molecule has 0 N–H and O–H groups in total. The third-order valence-corrected chi connectivity index (χ3v) is 6.38. The molecule has 0 saturated carbocycles. The molecule has 0 spiro atoms. The Hall–Kier alpha value is -2.30. The van der Waals surface area contributed by atoms with Crippen LogP contribution in [0.4, 0.5) is 19.0 Å². The van der Waals surface area contributed by atoms with Crippen LogP contribution in [-0.4, -0.2) is 91.5 Å². The zero-order valence-electron chi connectivity index (χ0n) is 19.9. The Morgan fingerprint density at radius 2 is 1.62 bits per heavy atom. The Labute approximate surface area is 199 Å². The topological polar surface area (TPSA) is 46.0 Å². The van der Waals surface area contributed by atoms with Crippen LogP contribution in [0.5, 0.6) is 5.75 Å². The van der Waals surface area contributed by atoms with E-state index in [1.54, 1.807) is 12.1 Å². The number of aromatic nitrogens is 2. The van der Waals surface area contributed by atoms with Gasteiger partial charge < -0.3 is 19.3 Å². The molecule has 0 aliphatic carbocycles. The van der Waals surface area contributed by atoms with Gasteiger partial charge in [0.1, 0.15) is 5.75 Å². The highest BCUT2D eigenvalue weighted by Gasteiger charge is 2.31. The molecule has 2 aliphatic heterocycles. The van der Waals surface area contributed by atoms with Crippen molar-refractivity contribution in [2.24, 2.45) is 0 Å². The number of rotatable bonds is 7. The molecule has 2 fully saturated rings. The minimum absolute atomic E-state index is 0.212. The summed E-state index contributed by atoms with van der Waals surface area (Å²) >= 11 is 0. The summed E-state index contributed by atoms with van der Waals surface area (Å²) in [5.74, 6) is 0.887. The Morgan fingerprint density at radius 1 is 0.941 bits per heavy atom. The fourth-order valence-electron chi connectivity index (χ4n) is 4.48. The summed E-state index contributed by atoms with van der Waals surface area (Å²) < 4.78 is 48.7. The van der Waals surface area contributed by atoms with Crippen LogP contribution in [0.15, 0.2) is 30.3 Å². The van der Waals surface area contributed by atoms with E-state index in [9.17, 15) is 13.2 Å². The average molecular weight is 482 g/mol. The van der Waals surface area contributed by atoms with Gasteiger partial charge in [0, 0.05) is 57.6 Å². The number of ether oxygens (including phenoxy) is 2. The highest BCUT2D eigenvalue weighted by Crippen LogP contribution is 2.28. The number of hydrogen-bond donors (Lipinski definition) is 0. The number of alkyl halides is 3. The lowest BCUT2D eigenvalue weighted by molar-refractivity contribution is -0.274. The smallest absolute Gasteiger partial charge is 0.406 e. The summed E-state index contributed by atoms with van der Waals surface area (Å²) in [5, 5.41) is 4.85. The van der Waals surface area contributed by atoms with Crippen molar-refractivity contribution in [1.29, 1.82) is 0 Å². The highest BCUT2D eigenvalue weighted by atomic mass is 19.4. The van der Waals surface area contributed by atoms with Gasteiger partial charge in [-0.2, -0.15) is 5.10 Å². The monoisotopic (exact) mass is 481 g/mol. The lowest BCUT2D eigenvalue weighted by atomic mass is 10.1. The maximum absolute atomic E-state index is 12.5. The van der Waals surface area contributed by atoms with Gasteiger partial charge in [0.25, 0.3) is 0 Å². The first-order valence-electron chi connectivity index (χ1n) is 12.0. The van der Waals surface area contributed by atoms with E-state index in [1.807, 2.05) is 4.68 Å². The second kappa shape index (κ2) is 11.0. The number of nitrogens with zero attached hydrogens (tertiary/aromatic N) is 5. The van der Waals surface area contributed by atoms with E-state index in [4.69, 9.17) is 9.84 Å². The molecule has 7 nitrogen and oxygen atoms in total. The molecule has 0 atom stereocenters. The Balaban J connectivity index is 1.41. The van der Waals surface area contributed by atoms with Gasteiger partial charge in [0.2, 0.25) is 0 Å². The van der Waals surface area contributed by atoms with Crippen LogP contribution in [0.1, 0.15) is 31.9 Å². The molecule has 10 heteroatoms. The first-order valence-corrected chi connectivity index (χ1v) is 12.0. The van der Waals surface area contributed by atoms with E-state index < -0.39 is 6.36 Å². The van der Waals surface area contributed by atoms with Gasteiger partial charge in [-0.05, 0) is 43.1 Å². The summed E-state index contributed by atoms with van der Waals surface area (Å²) in [6.45, 7) is 13.9. The normalized spacial score (nSPS) is 18.9. The minimum atomic E-state index is -4.70. The molecule has 2 aliphatic rings. The first kappa shape index (κ1) is 24.8. The van der Waals surface area contributed by atoms with Gasteiger partial charge in [-0.15, -0.1) is 13.2 Å². The van der Waals surface area contributed by atoms with Crippen molar-refractivity contribution in [2.45, 2.75) is 32.5 Å². The standard InChI is InChI=1S/C24H34F3N5O2/c1-19(2)22-18-23(28-32(22)20-4-6-21(7-5-20)34-24(25,26)27)31-9-3-8-29(12-13-31)10-11-30-14-16-33-17-15-30/h4-7,18-19H,3,8-17H2,1-2H3. The average Bonchev–Trinajstić information content (AvgIpc) is 3.11. The SMILES string of the molecule is CC(C)c1cc(N2CCCN(CCN3CCOCC3)CC2)nn1-c1ccc(OC(F)(F)F)cc1. The van der Waals surface area contributed by atoms with Gasteiger partial charge in [-0.25, -0.2) is 4.68 Å². The van der Waals surface area contributed by atoms with Crippen LogP contribution in [0, 0.1) is 0 Å². The molecule has 3 heterocycles. The van der Waals surface area contributed by atoms with Gasteiger partial charge in [0.15, 0.2) is 5.82 Å². The summed E-state index contributed by atoms with van der Waals surface area (Å²) in [7, 11) is 0. The van der Waals surface area contributed by atoms with Gasteiger partial charge in [0.05, 0.1) is 18.9 Å². The van der Waals surface area contributed by atoms with Gasteiger partial charge in [-0.1, -0.05) is 13.8 Å². The van der Waals surface area contributed by atoms with Gasteiger partial charge >= 0.3 is 6.36 Å². The summed E-state index contributed by atoms with van der Waals surface area (Å²) in [6, 6.07) is 7.98. The van der Waals surface area contributed by atoms with Crippen LogP contribution in [-0.2, 0) is 4.74 Å². The van der Waals surface area contributed by atoms with Crippen molar-refractivity contribution in [3.8, 4) is 11.4 Å². The molecule has 4 rings (SSSR count). The number of morpholine rings is 1. The Morgan fingerprint density at radius 3 is 2.26 bits per heavy atom. The molecule has 188 valence electrons. The van der Waals surface area contributed by atoms with Crippen LogP contribution in [0.25, 0.3) is 5.69 Å². The fourth-order valence-corrected chi connectivity index (χ4v) is 4.48. The van der Waals surface area contributed by atoms with Crippen molar-refractivity contribution < 1.29 is 22.6 Å². The number of halogens is 3. The van der Waals surface area contributed by atoms with Crippen molar-refractivity contribution in [3.63, 3.8) is 0 Å². The fraction of sp³-hybridized carbons (Fsp3) is 0.625. The molecule has 1 aromatic heterocycles. The maximum Gasteiger partial charge on any atom is 0.573 e. The molecule has 34 heavy (non-hydrogen) atoms. The van der Waals surface area contributed by atoms with E-state index >= 15 is 0 Å². The van der Waals surface area contributed by atoms with Crippen LogP contribution in [0.3, 0.4) is 0 Å². The highest BCUT2D eigenvalue weighted by molar-refractivity contribution is 5.46. The zero-order chi connectivity index (χ0) is 24.1. The van der Waals surface area contributed by atoms with Crippen LogP contribution in [0.2, 0.25) is 0 Å². The Kier molecular flexibility index (Phi) is 8.00. The van der Waals surface area contributed by atoms with E-state index in [0.29, 0.717) is 5.69 Å². The van der Waals surface area contributed by atoms with E-state index in [0.717, 1.165) is 83.5 Å². The second-order valence-corrected chi connectivity index (χ2v) is 9.17. The van der Waals surface area contributed by atoms with Crippen molar-refractivity contribution in [3.05, 3.63) is 36.0 Å². The second-order valence-electron chi connectivity index (χ2n) is 9.17. The molecule has 0 unspecified atom stereocenters. The number of hydrogen-bond acceptors (Lipinski definition) is 6. The molecule has 1 aromatic carbocycles.